The van der Waals surface area contributed by atoms with Gasteiger partial charge in [-0.1, -0.05) is 0 Å². The van der Waals surface area contributed by atoms with E-state index in [2.05, 4.69) is 9.88 Å². The number of carbonyl (C=O) groups is 1. The molecule has 0 radical (unpaired) electrons. The predicted molar refractivity (Wildman–Crippen MR) is 82.4 cm³/mol. The van der Waals surface area contributed by atoms with Gasteiger partial charge in [0.2, 0.25) is 0 Å². The first-order valence-electron chi connectivity index (χ1n) is 7.45. The van der Waals surface area contributed by atoms with Crippen molar-refractivity contribution in [3.05, 3.63) is 23.4 Å². The smallest absolute Gasteiger partial charge is 0.252 e. The summed E-state index contributed by atoms with van der Waals surface area (Å²) in [6, 6.07) is 1.81. The highest BCUT2D eigenvalue weighted by atomic mass is 16.5. The number of carbonyl (C=O) groups excluding carboxylic acids is 1. The Balaban J connectivity index is 1.99. The summed E-state index contributed by atoms with van der Waals surface area (Å²) < 4.78 is 5.79. The first-order chi connectivity index (χ1) is 10.1. The minimum Gasteiger partial charge on any atom is -0.378 e. The summed E-state index contributed by atoms with van der Waals surface area (Å²) in [5.41, 5.74) is 12.3. The quantitative estimate of drug-likeness (QED) is 0.757. The van der Waals surface area contributed by atoms with E-state index < -0.39 is 5.91 Å². The molecule has 0 aromatic carbocycles. The zero-order chi connectivity index (χ0) is 15.2. The summed E-state index contributed by atoms with van der Waals surface area (Å²) in [6.45, 7) is 4.91. The van der Waals surface area contributed by atoms with Gasteiger partial charge in [0.1, 0.15) is 5.82 Å². The standard InChI is InChI=1S/C15H24N4O2/c1-11-3-7-18-15(13(11)14(17)20)19-8-4-12(5-9-19)21-10-2-6-16/h3,7,12H,2,4-6,8-10,16H2,1H3,(H2,17,20). The van der Waals surface area contributed by atoms with Crippen LogP contribution in [-0.4, -0.2) is 43.2 Å². The van der Waals surface area contributed by atoms with Crippen LogP contribution in [0.25, 0.3) is 0 Å². The van der Waals surface area contributed by atoms with Gasteiger partial charge in [-0.2, -0.15) is 0 Å². The Kier molecular flexibility index (Phi) is 5.52. The molecule has 21 heavy (non-hydrogen) atoms. The van der Waals surface area contributed by atoms with E-state index in [0.717, 1.165) is 44.5 Å². The van der Waals surface area contributed by atoms with E-state index in [1.54, 1.807) is 6.20 Å². The Bertz CT molecular complexity index is 485. The third-order valence-corrected chi connectivity index (χ3v) is 3.83. The highest BCUT2D eigenvalue weighted by Gasteiger charge is 2.24. The predicted octanol–water partition coefficient (Wildman–Crippen LogP) is 0.823. The number of primary amides is 1. The van der Waals surface area contributed by atoms with Gasteiger partial charge < -0.3 is 21.1 Å². The highest BCUT2D eigenvalue weighted by Crippen LogP contribution is 2.24. The van der Waals surface area contributed by atoms with E-state index in [1.807, 2.05) is 13.0 Å². The minimum atomic E-state index is -0.420. The normalized spacial score (nSPS) is 16.2. The number of nitrogens with two attached hydrogens (primary N) is 2. The van der Waals surface area contributed by atoms with Crippen LogP contribution in [0.1, 0.15) is 35.2 Å². The molecule has 116 valence electrons. The van der Waals surface area contributed by atoms with Crippen LogP contribution in [0.2, 0.25) is 0 Å². The first-order valence-corrected chi connectivity index (χ1v) is 7.45. The van der Waals surface area contributed by atoms with Crippen LogP contribution in [0, 0.1) is 6.92 Å². The number of hydrogen-bond acceptors (Lipinski definition) is 5. The Morgan fingerprint density at radius 1 is 1.48 bits per heavy atom. The molecule has 0 spiro atoms. The topological polar surface area (TPSA) is 94.5 Å². The monoisotopic (exact) mass is 292 g/mol. The zero-order valence-electron chi connectivity index (χ0n) is 12.5. The fraction of sp³-hybridized carbons (Fsp3) is 0.600. The fourth-order valence-electron chi connectivity index (χ4n) is 2.66. The van der Waals surface area contributed by atoms with Crippen LogP contribution >= 0.6 is 0 Å². The SMILES string of the molecule is Cc1ccnc(N2CCC(OCCCN)CC2)c1C(N)=O. The number of amides is 1. The van der Waals surface area contributed by atoms with Gasteiger partial charge in [-0.15, -0.1) is 0 Å². The van der Waals surface area contributed by atoms with Crippen LogP contribution in [0.4, 0.5) is 5.82 Å². The second-order valence-corrected chi connectivity index (χ2v) is 5.39. The molecule has 1 aliphatic heterocycles. The number of nitrogens with zero attached hydrogens (tertiary/aromatic N) is 2. The third kappa shape index (κ3) is 3.92. The molecular weight excluding hydrogens is 268 g/mol. The zero-order valence-corrected chi connectivity index (χ0v) is 12.5. The van der Waals surface area contributed by atoms with Crippen molar-refractivity contribution in [3.63, 3.8) is 0 Å². The second kappa shape index (κ2) is 7.38. The lowest BCUT2D eigenvalue weighted by Gasteiger charge is -2.33. The first kappa shape index (κ1) is 15.7. The summed E-state index contributed by atoms with van der Waals surface area (Å²) in [5.74, 6) is 0.278. The van der Waals surface area contributed by atoms with E-state index in [9.17, 15) is 4.79 Å². The van der Waals surface area contributed by atoms with E-state index in [-0.39, 0.29) is 6.10 Å². The van der Waals surface area contributed by atoms with Crippen LogP contribution in [0.3, 0.4) is 0 Å². The fourth-order valence-corrected chi connectivity index (χ4v) is 2.66. The van der Waals surface area contributed by atoms with Crippen LogP contribution < -0.4 is 16.4 Å². The van der Waals surface area contributed by atoms with Gasteiger partial charge in [0.05, 0.1) is 11.7 Å². The van der Waals surface area contributed by atoms with Crippen LogP contribution in [-0.2, 0) is 4.74 Å². The number of anilines is 1. The molecule has 1 fully saturated rings. The third-order valence-electron chi connectivity index (χ3n) is 3.83. The maximum atomic E-state index is 11.6. The molecule has 6 nitrogen and oxygen atoms in total. The number of hydrogen-bond donors (Lipinski definition) is 2. The summed E-state index contributed by atoms with van der Waals surface area (Å²) >= 11 is 0. The van der Waals surface area contributed by atoms with Crippen molar-refractivity contribution >= 4 is 11.7 Å². The Labute approximate surface area is 125 Å². The summed E-state index contributed by atoms with van der Waals surface area (Å²) in [6.07, 6.45) is 4.75. The molecule has 0 unspecified atom stereocenters. The van der Waals surface area contributed by atoms with Crippen molar-refractivity contribution < 1.29 is 9.53 Å². The van der Waals surface area contributed by atoms with Gasteiger partial charge >= 0.3 is 0 Å². The van der Waals surface area contributed by atoms with E-state index >= 15 is 0 Å². The van der Waals surface area contributed by atoms with Crippen molar-refractivity contribution in [3.8, 4) is 0 Å². The van der Waals surface area contributed by atoms with Gasteiger partial charge in [-0.25, -0.2) is 4.98 Å². The molecule has 0 saturated carbocycles. The molecule has 4 N–H and O–H groups in total. The number of aryl methyl sites for hydroxylation is 1. The molecule has 1 aromatic heterocycles. The summed E-state index contributed by atoms with van der Waals surface area (Å²) in [5, 5.41) is 0. The molecule has 1 aromatic rings. The van der Waals surface area contributed by atoms with Gasteiger partial charge in [0.25, 0.3) is 5.91 Å². The van der Waals surface area contributed by atoms with Crippen molar-refractivity contribution in [2.75, 3.05) is 31.1 Å². The molecule has 0 aliphatic carbocycles. The maximum Gasteiger partial charge on any atom is 0.252 e. The lowest BCUT2D eigenvalue weighted by atomic mass is 10.0. The molecule has 0 atom stereocenters. The number of pyridine rings is 1. The van der Waals surface area contributed by atoms with E-state index in [1.165, 1.54) is 0 Å². The van der Waals surface area contributed by atoms with Gasteiger partial charge in [-0.3, -0.25) is 4.79 Å². The summed E-state index contributed by atoms with van der Waals surface area (Å²) in [4.78, 5) is 18.1. The summed E-state index contributed by atoms with van der Waals surface area (Å²) in [7, 11) is 0. The number of aromatic nitrogens is 1. The Hall–Kier alpha value is -1.66. The van der Waals surface area contributed by atoms with Crippen LogP contribution in [0.5, 0.6) is 0 Å². The van der Waals surface area contributed by atoms with E-state index in [4.69, 9.17) is 16.2 Å². The molecular formula is C15H24N4O2. The molecule has 6 heteroatoms. The average molecular weight is 292 g/mol. The molecule has 2 rings (SSSR count). The Morgan fingerprint density at radius 3 is 2.81 bits per heavy atom. The molecule has 1 amide bonds. The van der Waals surface area contributed by atoms with E-state index in [0.29, 0.717) is 17.9 Å². The molecule has 1 aliphatic rings. The van der Waals surface area contributed by atoms with Gasteiger partial charge in [0, 0.05) is 25.9 Å². The maximum absolute atomic E-state index is 11.6. The number of ether oxygens (including phenoxy) is 1. The lowest BCUT2D eigenvalue weighted by molar-refractivity contribution is 0.0365. The van der Waals surface area contributed by atoms with Crippen molar-refractivity contribution in [1.29, 1.82) is 0 Å². The molecule has 1 saturated heterocycles. The van der Waals surface area contributed by atoms with Gasteiger partial charge in [0.15, 0.2) is 0 Å². The second-order valence-electron chi connectivity index (χ2n) is 5.39. The van der Waals surface area contributed by atoms with Crippen molar-refractivity contribution in [2.24, 2.45) is 11.5 Å². The largest absolute Gasteiger partial charge is 0.378 e. The van der Waals surface area contributed by atoms with Crippen LogP contribution in [0.15, 0.2) is 12.3 Å². The number of piperidine rings is 1. The molecule has 0 bridgehead atoms. The van der Waals surface area contributed by atoms with Crippen molar-refractivity contribution in [1.82, 2.24) is 4.98 Å². The lowest BCUT2D eigenvalue weighted by Crippen LogP contribution is -2.39. The average Bonchev–Trinajstić information content (AvgIpc) is 2.47. The highest BCUT2D eigenvalue weighted by molar-refractivity contribution is 5.99. The minimum absolute atomic E-state index is 0.273. The molecule has 2 heterocycles. The number of rotatable bonds is 6. The van der Waals surface area contributed by atoms with Crippen molar-refractivity contribution in [2.45, 2.75) is 32.3 Å². The van der Waals surface area contributed by atoms with Gasteiger partial charge in [-0.05, 0) is 44.4 Å². The Morgan fingerprint density at radius 2 is 2.19 bits per heavy atom.